The van der Waals surface area contributed by atoms with Gasteiger partial charge in [0.25, 0.3) is 0 Å². The third-order valence-electron chi connectivity index (χ3n) is 3.98. The maximum Gasteiger partial charge on any atom is 0.240 e. The van der Waals surface area contributed by atoms with Crippen molar-refractivity contribution in [1.82, 2.24) is 15.0 Å². The number of ether oxygens (including phenoxy) is 1. The molecule has 1 fully saturated rings. The zero-order valence-corrected chi connectivity index (χ0v) is 12.7. The van der Waals surface area contributed by atoms with E-state index < -0.39 is 0 Å². The Balaban J connectivity index is 1.62. The minimum absolute atomic E-state index is 0.178. The molecular weight excluding hydrogens is 285 g/mol. The van der Waals surface area contributed by atoms with Crippen molar-refractivity contribution < 1.29 is 13.7 Å². The Labute approximate surface area is 129 Å². The Morgan fingerprint density at radius 1 is 1.45 bits per heavy atom. The molecule has 0 spiro atoms. The van der Waals surface area contributed by atoms with Gasteiger partial charge in [-0.25, -0.2) is 4.39 Å². The fourth-order valence-electron chi connectivity index (χ4n) is 2.99. The lowest BCUT2D eigenvalue weighted by Gasteiger charge is -2.22. The van der Waals surface area contributed by atoms with Gasteiger partial charge in [0.05, 0.1) is 6.54 Å². The SMILES string of the molecule is COCc1noc(CN2CCC[C@H]2Cc2cccc(F)c2)n1. The van der Waals surface area contributed by atoms with Gasteiger partial charge in [-0.05, 0) is 43.5 Å². The Bertz CT molecular complexity index is 617. The van der Waals surface area contributed by atoms with Crippen LogP contribution in [0.3, 0.4) is 0 Å². The molecule has 0 radical (unpaired) electrons. The van der Waals surface area contributed by atoms with Crippen LogP contribution in [0.15, 0.2) is 28.8 Å². The highest BCUT2D eigenvalue weighted by Gasteiger charge is 2.26. The van der Waals surface area contributed by atoms with Crippen LogP contribution >= 0.6 is 0 Å². The third-order valence-corrected chi connectivity index (χ3v) is 3.98. The lowest BCUT2D eigenvalue weighted by molar-refractivity contribution is 0.174. The van der Waals surface area contributed by atoms with Crippen LogP contribution < -0.4 is 0 Å². The van der Waals surface area contributed by atoms with Gasteiger partial charge in [-0.15, -0.1) is 0 Å². The second-order valence-corrected chi connectivity index (χ2v) is 5.64. The van der Waals surface area contributed by atoms with E-state index in [2.05, 4.69) is 15.0 Å². The maximum atomic E-state index is 13.3. The number of hydrogen-bond donors (Lipinski definition) is 0. The third kappa shape index (κ3) is 3.69. The number of benzene rings is 1. The first-order valence-electron chi connectivity index (χ1n) is 7.53. The lowest BCUT2D eigenvalue weighted by atomic mass is 10.0. The molecule has 0 saturated carbocycles. The van der Waals surface area contributed by atoms with Gasteiger partial charge in [0.1, 0.15) is 12.4 Å². The minimum atomic E-state index is -0.178. The van der Waals surface area contributed by atoms with Gasteiger partial charge in [-0.2, -0.15) is 4.98 Å². The van der Waals surface area contributed by atoms with Crippen LogP contribution in [-0.2, 0) is 24.3 Å². The van der Waals surface area contributed by atoms with E-state index in [1.165, 1.54) is 6.07 Å². The van der Waals surface area contributed by atoms with Crippen LogP contribution in [0.1, 0.15) is 30.1 Å². The molecule has 5 nitrogen and oxygen atoms in total. The van der Waals surface area contributed by atoms with Crippen LogP contribution in [0.5, 0.6) is 0 Å². The van der Waals surface area contributed by atoms with Crippen molar-refractivity contribution in [3.05, 3.63) is 47.4 Å². The summed E-state index contributed by atoms with van der Waals surface area (Å²) in [5.74, 6) is 1.000. The summed E-state index contributed by atoms with van der Waals surface area (Å²) in [6.45, 7) is 1.99. The summed E-state index contributed by atoms with van der Waals surface area (Å²) < 4.78 is 23.5. The first-order valence-corrected chi connectivity index (χ1v) is 7.53. The summed E-state index contributed by atoms with van der Waals surface area (Å²) in [5.41, 5.74) is 1.03. The van der Waals surface area contributed by atoms with Gasteiger partial charge in [-0.1, -0.05) is 17.3 Å². The zero-order chi connectivity index (χ0) is 15.4. The molecule has 0 N–H and O–H groups in total. The summed E-state index contributed by atoms with van der Waals surface area (Å²) >= 11 is 0. The molecule has 0 amide bonds. The van der Waals surface area contributed by atoms with Crippen molar-refractivity contribution in [2.24, 2.45) is 0 Å². The molecule has 1 aliphatic heterocycles. The Morgan fingerprint density at radius 3 is 3.18 bits per heavy atom. The van der Waals surface area contributed by atoms with Gasteiger partial charge >= 0.3 is 0 Å². The Kier molecular flexibility index (Phi) is 4.80. The molecule has 0 unspecified atom stereocenters. The van der Waals surface area contributed by atoms with E-state index in [9.17, 15) is 4.39 Å². The molecule has 1 saturated heterocycles. The molecule has 1 atom stereocenters. The quantitative estimate of drug-likeness (QED) is 0.821. The predicted octanol–water partition coefficient (Wildman–Crippen LogP) is 2.56. The number of rotatable bonds is 6. The maximum absolute atomic E-state index is 13.3. The van der Waals surface area contributed by atoms with E-state index in [-0.39, 0.29) is 5.82 Å². The summed E-state index contributed by atoms with van der Waals surface area (Å²) in [6.07, 6.45) is 3.09. The topological polar surface area (TPSA) is 51.4 Å². The molecule has 1 aromatic heterocycles. The smallest absolute Gasteiger partial charge is 0.240 e. The van der Waals surface area contributed by atoms with Crippen molar-refractivity contribution in [2.75, 3.05) is 13.7 Å². The van der Waals surface area contributed by atoms with Crippen LogP contribution in [0, 0.1) is 5.82 Å². The van der Waals surface area contributed by atoms with E-state index >= 15 is 0 Å². The number of likely N-dealkylation sites (tertiary alicyclic amines) is 1. The van der Waals surface area contributed by atoms with Crippen LogP contribution in [0.4, 0.5) is 4.39 Å². The van der Waals surface area contributed by atoms with E-state index in [0.29, 0.717) is 30.9 Å². The molecule has 0 aliphatic carbocycles. The first-order chi connectivity index (χ1) is 10.7. The summed E-state index contributed by atoms with van der Waals surface area (Å²) in [4.78, 5) is 6.64. The highest BCUT2D eigenvalue weighted by atomic mass is 19.1. The van der Waals surface area contributed by atoms with Gasteiger partial charge in [0.2, 0.25) is 5.89 Å². The van der Waals surface area contributed by atoms with Crippen molar-refractivity contribution in [2.45, 2.75) is 38.5 Å². The first kappa shape index (κ1) is 15.1. The van der Waals surface area contributed by atoms with E-state index in [1.807, 2.05) is 6.07 Å². The van der Waals surface area contributed by atoms with Gasteiger partial charge < -0.3 is 9.26 Å². The molecular formula is C16H20FN3O2. The van der Waals surface area contributed by atoms with Gasteiger partial charge in [0.15, 0.2) is 5.82 Å². The van der Waals surface area contributed by atoms with Crippen molar-refractivity contribution in [1.29, 1.82) is 0 Å². The standard InChI is InChI=1S/C16H20FN3O2/c1-21-11-15-18-16(22-19-15)10-20-7-3-6-14(20)9-12-4-2-5-13(17)8-12/h2,4-5,8,14H,3,6-7,9-11H2,1H3/t14-/m0/s1. The van der Waals surface area contributed by atoms with Crippen molar-refractivity contribution in [3.63, 3.8) is 0 Å². The van der Waals surface area contributed by atoms with Crippen LogP contribution in [0.2, 0.25) is 0 Å². The highest BCUT2D eigenvalue weighted by molar-refractivity contribution is 5.17. The van der Waals surface area contributed by atoms with E-state index in [1.54, 1.807) is 19.2 Å². The highest BCUT2D eigenvalue weighted by Crippen LogP contribution is 2.23. The van der Waals surface area contributed by atoms with E-state index in [4.69, 9.17) is 9.26 Å². The monoisotopic (exact) mass is 305 g/mol. The minimum Gasteiger partial charge on any atom is -0.377 e. The normalized spacial score (nSPS) is 18.9. The summed E-state index contributed by atoms with van der Waals surface area (Å²) in [7, 11) is 1.60. The van der Waals surface area contributed by atoms with Crippen molar-refractivity contribution >= 4 is 0 Å². The molecule has 3 rings (SSSR count). The largest absolute Gasteiger partial charge is 0.377 e. The molecule has 22 heavy (non-hydrogen) atoms. The second-order valence-electron chi connectivity index (χ2n) is 5.64. The average molecular weight is 305 g/mol. The number of methoxy groups -OCH3 is 1. The lowest BCUT2D eigenvalue weighted by Crippen LogP contribution is -2.30. The summed E-state index contributed by atoms with van der Waals surface area (Å²) in [6, 6.07) is 7.22. The Hall–Kier alpha value is -1.79. The molecule has 2 aromatic rings. The fourth-order valence-corrected chi connectivity index (χ4v) is 2.99. The van der Waals surface area contributed by atoms with E-state index in [0.717, 1.165) is 31.4 Å². The number of aromatic nitrogens is 2. The molecule has 1 aliphatic rings. The molecule has 2 heterocycles. The number of halogens is 1. The van der Waals surface area contributed by atoms with Crippen LogP contribution in [-0.4, -0.2) is 34.7 Å². The molecule has 118 valence electrons. The summed E-state index contributed by atoms with van der Waals surface area (Å²) in [5, 5.41) is 3.88. The molecule has 6 heteroatoms. The predicted molar refractivity (Wildman–Crippen MR) is 78.5 cm³/mol. The van der Waals surface area contributed by atoms with Crippen molar-refractivity contribution in [3.8, 4) is 0 Å². The molecule has 1 aromatic carbocycles. The fraction of sp³-hybridized carbons (Fsp3) is 0.500. The molecule has 0 bridgehead atoms. The van der Waals surface area contributed by atoms with Gasteiger partial charge in [0, 0.05) is 13.2 Å². The number of nitrogens with zero attached hydrogens (tertiary/aromatic N) is 3. The zero-order valence-electron chi connectivity index (χ0n) is 12.7. The average Bonchev–Trinajstić information content (AvgIpc) is 3.10. The second kappa shape index (κ2) is 6.98. The number of hydrogen-bond acceptors (Lipinski definition) is 5. The van der Waals surface area contributed by atoms with Crippen LogP contribution in [0.25, 0.3) is 0 Å². The Morgan fingerprint density at radius 2 is 2.36 bits per heavy atom. The van der Waals surface area contributed by atoms with Gasteiger partial charge in [-0.3, -0.25) is 4.90 Å².